The van der Waals surface area contributed by atoms with Crippen LogP contribution in [0, 0.1) is 5.82 Å². The number of halogens is 3. The lowest BCUT2D eigenvalue weighted by Crippen LogP contribution is -2.35. The molecular weight excluding hydrogens is 342 g/mol. The molecule has 0 spiro atoms. The number of rotatable bonds is 4. The van der Waals surface area contributed by atoms with Crippen molar-refractivity contribution in [1.29, 1.82) is 0 Å². The molecule has 23 heavy (non-hydrogen) atoms. The van der Waals surface area contributed by atoms with Gasteiger partial charge < -0.3 is 10.2 Å². The number of anilines is 1. The van der Waals surface area contributed by atoms with E-state index in [2.05, 4.69) is 5.32 Å². The molecule has 7 heteroatoms. The van der Waals surface area contributed by atoms with Gasteiger partial charge in [0.2, 0.25) is 5.91 Å². The molecule has 0 aliphatic heterocycles. The zero-order valence-electron chi connectivity index (χ0n) is 12.1. The maximum absolute atomic E-state index is 12.9. The molecule has 0 aromatic heterocycles. The Labute approximate surface area is 142 Å². The van der Waals surface area contributed by atoms with Gasteiger partial charge in [0.15, 0.2) is 0 Å². The van der Waals surface area contributed by atoms with E-state index in [1.807, 2.05) is 0 Å². The van der Waals surface area contributed by atoms with Crippen LogP contribution in [-0.4, -0.2) is 30.3 Å². The lowest BCUT2D eigenvalue weighted by Gasteiger charge is -2.17. The summed E-state index contributed by atoms with van der Waals surface area (Å²) < 4.78 is 12.9. The van der Waals surface area contributed by atoms with E-state index in [0.29, 0.717) is 21.3 Å². The fourth-order valence-electron chi connectivity index (χ4n) is 1.88. The minimum Gasteiger partial charge on any atom is -0.332 e. The molecule has 0 heterocycles. The topological polar surface area (TPSA) is 49.4 Å². The third-order valence-corrected chi connectivity index (χ3v) is 3.57. The minimum absolute atomic E-state index is 0.171. The van der Waals surface area contributed by atoms with Gasteiger partial charge in [0.05, 0.1) is 17.3 Å². The van der Waals surface area contributed by atoms with E-state index in [-0.39, 0.29) is 12.5 Å². The molecule has 2 rings (SSSR count). The Morgan fingerprint density at radius 1 is 1.13 bits per heavy atom. The molecular formula is C16H13Cl2FN2O2. The van der Waals surface area contributed by atoms with Gasteiger partial charge in [0, 0.05) is 17.6 Å². The van der Waals surface area contributed by atoms with Gasteiger partial charge in [0.25, 0.3) is 5.91 Å². The van der Waals surface area contributed by atoms with Gasteiger partial charge in [-0.15, -0.1) is 0 Å². The van der Waals surface area contributed by atoms with Crippen molar-refractivity contribution in [2.24, 2.45) is 0 Å². The Balaban J connectivity index is 1.99. The maximum Gasteiger partial charge on any atom is 0.254 e. The molecule has 0 aliphatic rings. The highest BCUT2D eigenvalue weighted by Crippen LogP contribution is 2.25. The second kappa shape index (κ2) is 7.44. The van der Waals surface area contributed by atoms with E-state index in [9.17, 15) is 14.0 Å². The third-order valence-electron chi connectivity index (χ3n) is 3.02. The minimum atomic E-state index is -0.431. The highest BCUT2D eigenvalue weighted by Gasteiger charge is 2.15. The van der Waals surface area contributed by atoms with Crippen molar-refractivity contribution in [3.05, 3.63) is 63.9 Å². The SMILES string of the molecule is CN(CC(=O)Nc1ccc(Cl)cc1Cl)C(=O)c1ccc(F)cc1. The van der Waals surface area contributed by atoms with Gasteiger partial charge in [-0.2, -0.15) is 0 Å². The largest absolute Gasteiger partial charge is 0.332 e. The average Bonchev–Trinajstić information content (AvgIpc) is 2.50. The predicted octanol–water partition coefficient (Wildman–Crippen LogP) is 3.84. The molecule has 0 radical (unpaired) electrons. The van der Waals surface area contributed by atoms with Crippen molar-refractivity contribution >= 4 is 40.7 Å². The van der Waals surface area contributed by atoms with Crippen LogP contribution >= 0.6 is 23.2 Å². The van der Waals surface area contributed by atoms with Crippen molar-refractivity contribution in [2.75, 3.05) is 18.9 Å². The molecule has 0 fully saturated rings. The molecule has 0 saturated heterocycles. The normalized spacial score (nSPS) is 10.3. The predicted molar refractivity (Wildman–Crippen MR) is 88.5 cm³/mol. The summed E-state index contributed by atoms with van der Waals surface area (Å²) in [5.74, 6) is -1.23. The molecule has 2 amide bonds. The number of benzene rings is 2. The first-order chi connectivity index (χ1) is 10.9. The number of likely N-dealkylation sites (N-methyl/N-ethyl adjacent to an activating group) is 1. The first-order valence-corrected chi connectivity index (χ1v) is 7.38. The Morgan fingerprint density at radius 3 is 2.39 bits per heavy atom. The summed E-state index contributed by atoms with van der Waals surface area (Å²) in [6, 6.07) is 9.78. The second-order valence-corrected chi connectivity index (χ2v) is 5.68. The highest BCUT2D eigenvalue weighted by molar-refractivity contribution is 6.36. The molecule has 1 N–H and O–H groups in total. The molecule has 120 valence electrons. The van der Waals surface area contributed by atoms with E-state index in [4.69, 9.17) is 23.2 Å². The van der Waals surface area contributed by atoms with Crippen molar-refractivity contribution in [3.63, 3.8) is 0 Å². The molecule has 0 aliphatic carbocycles. The molecule has 0 bridgehead atoms. The van der Waals surface area contributed by atoms with E-state index < -0.39 is 11.7 Å². The fourth-order valence-corrected chi connectivity index (χ4v) is 2.34. The number of carbonyl (C=O) groups is 2. The van der Waals surface area contributed by atoms with Crippen LogP contribution < -0.4 is 5.32 Å². The molecule has 2 aromatic rings. The smallest absolute Gasteiger partial charge is 0.254 e. The van der Waals surface area contributed by atoms with Crippen molar-refractivity contribution in [1.82, 2.24) is 4.90 Å². The van der Waals surface area contributed by atoms with Crippen LogP contribution in [-0.2, 0) is 4.79 Å². The third kappa shape index (κ3) is 4.68. The second-order valence-electron chi connectivity index (χ2n) is 4.84. The Morgan fingerprint density at radius 2 is 1.78 bits per heavy atom. The van der Waals surface area contributed by atoms with Gasteiger partial charge in [-0.1, -0.05) is 23.2 Å². The maximum atomic E-state index is 12.9. The molecule has 0 saturated carbocycles. The van der Waals surface area contributed by atoms with E-state index in [1.54, 1.807) is 12.1 Å². The van der Waals surface area contributed by atoms with Gasteiger partial charge in [-0.25, -0.2) is 4.39 Å². The van der Waals surface area contributed by atoms with Gasteiger partial charge in [0.1, 0.15) is 5.82 Å². The lowest BCUT2D eigenvalue weighted by molar-refractivity contribution is -0.116. The summed E-state index contributed by atoms with van der Waals surface area (Å²) in [5, 5.41) is 3.36. The summed E-state index contributed by atoms with van der Waals surface area (Å²) in [6.07, 6.45) is 0. The first-order valence-electron chi connectivity index (χ1n) is 6.63. The number of hydrogen-bond acceptors (Lipinski definition) is 2. The van der Waals surface area contributed by atoms with Gasteiger partial charge in [-0.3, -0.25) is 9.59 Å². The average molecular weight is 355 g/mol. The van der Waals surface area contributed by atoms with E-state index in [0.717, 1.165) is 0 Å². The van der Waals surface area contributed by atoms with Crippen molar-refractivity contribution in [2.45, 2.75) is 0 Å². The molecule has 0 atom stereocenters. The van der Waals surface area contributed by atoms with Crippen LogP contribution in [0.2, 0.25) is 10.0 Å². The Kier molecular flexibility index (Phi) is 5.58. The number of nitrogens with one attached hydrogen (secondary N) is 1. The van der Waals surface area contributed by atoms with E-state index in [1.165, 1.54) is 42.3 Å². The van der Waals surface area contributed by atoms with Crippen LogP contribution in [0.5, 0.6) is 0 Å². The van der Waals surface area contributed by atoms with Crippen molar-refractivity contribution in [3.8, 4) is 0 Å². The molecule has 2 aromatic carbocycles. The molecule has 4 nitrogen and oxygen atoms in total. The van der Waals surface area contributed by atoms with E-state index >= 15 is 0 Å². The quantitative estimate of drug-likeness (QED) is 0.906. The highest BCUT2D eigenvalue weighted by atomic mass is 35.5. The standard InChI is InChI=1S/C16H13Cl2FN2O2/c1-21(16(23)10-2-5-12(19)6-3-10)9-15(22)20-14-7-4-11(17)8-13(14)18/h2-8H,9H2,1H3,(H,20,22). The summed E-state index contributed by atoms with van der Waals surface area (Å²) in [7, 11) is 1.48. The van der Waals surface area contributed by atoms with Crippen LogP contribution in [0.3, 0.4) is 0 Å². The first kappa shape index (κ1) is 17.2. The summed E-state index contributed by atoms with van der Waals surface area (Å²) in [6.45, 7) is -0.171. The van der Waals surface area contributed by atoms with Gasteiger partial charge in [-0.05, 0) is 42.5 Å². The van der Waals surface area contributed by atoms with Gasteiger partial charge >= 0.3 is 0 Å². The summed E-state index contributed by atoms with van der Waals surface area (Å²) >= 11 is 11.7. The number of nitrogens with zero attached hydrogens (tertiary/aromatic N) is 1. The Hall–Kier alpha value is -2.11. The Bertz CT molecular complexity index is 735. The van der Waals surface area contributed by atoms with Crippen LogP contribution in [0.4, 0.5) is 10.1 Å². The van der Waals surface area contributed by atoms with Crippen molar-refractivity contribution < 1.29 is 14.0 Å². The zero-order chi connectivity index (χ0) is 17.0. The lowest BCUT2D eigenvalue weighted by atomic mass is 10.2. The zero-order valence-corrected chi connectivity index (χ0v) is 13.7. The number of amides is 2. The number of carbonyl (C=O) groups excluding carboxylic acids is 2. The monoisotopic (exact) mass is 354 g/mol. The summed E-state index contributed by atoms with van der Waals surface area (Å²) in [4.78, 5) is 25.4. The number of hydrogen-bond donors (Lipinski definition) is 1. The fraction of sp³-hybridized carbons (Fsp3) is 0.125. The van der Waals surface area contributed by atoms with Crippen LogP contribution in [0.25, 0.3) is 0 Å². The summed E-state index contributed by atoms with van der Waals surface area (Å²) in [5.41, 5.74) is 0.704. The van der Waals surface area contributed by atoms with Crippen LogP contribution in [0.15, 0.2) is 42.5 Å². The molecule has 0 unspecified atom stereocenters. The van der Waals surface area contributed by atoms with Crippen LogP contribution in [0.1, 0.15) is 10.4 Å².